The van der Waals surface area contributed by atoms with Crippen LogP contribution in [0.25, 0.3) is 0 Å². The standard InChI is InChI=1S/C15H16N2O.C2H6/c1-11(16)14-9-13(7-8-15(14)17)18-10-12-5-3-2-4-6-12;1-2/h2-9,16H,10,17H2,1H3;1-2H3. The Morgan fingerprint density at radius 1 is 1.10 bits per heavy atom. The van der Waals surface area contributed by atoms with E-state index in [9.17, 15) is 0 Å². The molecule has 106 valence electrons. The molecule has 3 heteroatoms. The first-order valence-electron chi connectivity index (χ1n) is 6.78. The topological polar surface area (TPSA) is 59.1 Å². The van der Waals surface area contributed by atoms with Gasteiger partial charge in [-0.2, -0.15) is 0 Å². The van der Waals surface area contributed by atoms with Crippen LogP contribution in [0.1, 0.15) is 31.9 Å². The summed E-state index contributed by atoms with van der Waals surface area (Å²) in [4.78, 5) is 0. The van der Waals surface area contributed by atoms with E-state index in [1.807, 2.05) is 50.2 Å². The number of anilines is 1. The quantitative estimate of drug-likeness (QED) is 0.644. The summed E-state index contributed by atoms with van der Waals surface area (Å²) in [5.41, 5.74) is 8.69. The van der Waals surface area contributed by atoms with Crippen LogP contribution in [0.15, 0.2) is 48.5 Å². The van der Waals surface area contributed by atoms with Crippen LogP contribution in [-0.4, -0.2) is 5.71 Å². The van der Waals surface area contributed by atoms with Crippen molar-refractivity contribution < 1.29 is 4.74 Å². The lowest BCUT2D eigenvalue weighted by atomic mass is 10.1. The Kier molecular flexibility index (Phi) is 6.30. The summed E-state index contributed by atoms with van der Waals surface area (Å²) in [5.74, 6) is 0.731. The van der Waals surface area contributed by atoms with E-state index in [-0.39, 0.29) is 0 Å². The van der Waals surface area contributed by atoms with Gasteiger partial charge in [-0.25, -0.2) is 0 Å². The fraction of sp³-hybridized carbons (Fsp3) is 0.235. The highest BCUT2D eigenvalue weighted by Crippen LogP contribution is 2.21. The molecule has 0 bridgehead atoms. The lowest BCUT2D eigenvalue weighted by Gasteiger charge is -2.09. The van der Waals surface area contributed by atoms with Crippen LogP contribution in [0.4, 0.5) is 5.69 Å². The van der Waals surface area contributed by atoms with Crippen LogP contribution in [0.5, 0.6) is 5.75 Å². The summed E-state index contributed by atoms with van der Waals surface area (Å²) in [7, 11) is 0. The van der Waals surface area contributed by atoms with E-state index in [0.717, 1.165) is 16.9 Å². The van der Waals surface area contributed by atoms with Gasteiger partial charge in [0, 0.05) is 17.0 Å². The van der Waals surface area contributed by atoms with Crippen LogP contribution in [-0.2, 0) is 6.61 Å². The van der Waals surface area contributed by atoms with E-state index in [4.69, 9.17) is 15.9 Å². The van der Waals surface area contributed by atoms with Gasteiger partial charge in [-0.05, 0) is 30.7 Å². The molecule has 0 saturated heterocycles. The third-order valence-corrected chi connectivity index (χ3v) is 2.68. The first kappa shape index (κ1) is 15.8. The van der Waals surface area contributed by atoms with E-state index < -0.39 is 0 Å². The largest absolute Gasteiger partial charge is 0.489 e. The highest BCUT2D eigenvalue weighted by Gasteiger charge is 2.04. The van der Waals surface area contributed by atoms with E-state index in [2.05, 4.69) is 0 Å². The SMILES string of the molecule is CC.CC(=N)c1cc(OCc2ccccc2)ccc1N. The number of benzene rings is 2. The Balaban J connectivity index is 0.000000956. The lowest BCUT2D eigenvalue weighted by Crippen LogP contribution is -2.01. The predicted octanol–water partition coefficient (Wildman–Crippen LogP) is 4.26. The molecule has 2 rings (SSSR count). The summed E-state index contributed by atoms with van der Waals surface area (Å²) in [6.07, 6.45) is 0. The van der Waals surface area contributed by atoms with Crippen molar-refractivity contribution in [1.29, 1.82) is 5.41 Å². The highest BCUT2D eigenvalue weighted by atomic mass is 16.5. The Morgan fingerprint density at radius 2 is 1.75 bits per heavy atom. The fourth-order valence-corrected chi connectivity index (χ4v) is 1.69. The molecule has 0 radical (unpaired) electrons. The maximum atomic E-state index is 7.63. The molecule has 3 nitrogen and oxygen atoms in total. The first-order valence-corrected chi connectivity index (χ1v) is 6.78. The monoisotopic (exact) mass is 270 g/mol. The van der Waals surface area contributed by atoms with Gasteiger partial charge < -0.3 is 15.9 Å². The number of hydrogen-bond acceptors (Lipinski definition) is 3. The van der Waals surface area contributed by atoms with Crippen molar-refractivity contribution in [2.24, 2.45) is 0 Å². The van der Waals surface area contributed by atoms with Crippen molar-refractivity contribution in [2.45, 2.75) is 27.4 Å². The maximum Gasteiger partial charge on any atom is 0.120 e. The second-order valence-corrected chi connectivity index (χ2v) is 4.15. The molecule has 0 atom stereocenters. The molecule has 0 unspecified atom stereocenters. The molecule has 0 amide bonds. The van der Waals surface area contributed by atoms with Crippen molar-refractivity contribution in [3.63, 3.8) is 0 Å². The average molecular weight is 270 g/mol. The number of nitrogens with two attached hydrogens (primary N) is 1. The van der Waals surface area contributed by atoms with Crippen LogP contribution in [0.2, 0.25) is 0 Å². The van der Waals surface area contributed by atoms with Gasteiger partial charge in [0.05, 0.1) is 0 Å². The van der Waals surface area contributed by atoms with Gasteiger partial charge >= 0.3 is 0 Å². The Hall–Kier alpha value is -2.29. The molecule has 0 heterocycles. The number of nitrogens with one attached hydrogen (secondary N) is 1. The predicted molar refractivity (Wildman–Crippen MR) is 85.5 cm³/mol. The summed E-state index contributed by atoms with van der Waals surface area (Å²) < 4.78 is 5.69. The van der Waals surface area contributed by atoms with Crippen molar-refractivity contribution in [2.75, 3.05) is 5.73 Å². The van der Waals surface area contributed by atoms with Gasteiger partial charge in [-0.15, -0.1) is 0 Å². The van der Waals surface area contributed by atoms with Gasteiger partial charge in [0.1, 0.15) is 12.4 Å². The van der Waals surface area contributed by atoms with Crippen molar-refractivity contribution in [3.05, 3.63) is 59.7 Å². The van der Waals surface area contributed by atoms with Crippen LogP contribution in [0.3, 0.4) is 0 Å². The molecular weight excluding hydrogens is 248 g/mol. The summed E-state index contributed by atoms with van der Waals surface area (Å²) in [6, 6.07) is 15.4. The van der Waals surface area contributed by atoms with Gasteiger partial charge in [0.2, 0.25) is 0 Å². The second-order valence-electron chi connectivity index (χ2n) is 4.15. The number of nitrogen functional groups attached to an aromatic ring is 1. The zero-order valence-corrected chi connectivity index (χ0v) is 12.3. The minimum Gasteiger partial charge on any atom is -0.489 e. The van der Waals surface area contributed by atoms with Crippen LogP contribution in [0, 0.1) is 5.41 Å². The lowest BCUT2D eigenvalue weighted by molar-refractivity contribution is 0.306. The Bertz CT molecular complexity index is 550. The molecule has 20 heavy (non-hydrogen) atoms. The summed E-state index contributed by atoms with van der Waals surface area (Å²) in [5, 5.41) is 7.63. The molecule has 0 aromatic heterocycles. The van der Waals surface area contributed by atoms with Gasteiger partial charge in [-0.1, -0.05) is 44.2 Å². The zero-order valence-electron chi connectivity index (χ0n) is 12.3. The second kappa shape index (κ2) is 8.00. The van der Waals surface area contributed by atoms with Crippen molar-refractivity contribution in [3.8, 4) is 5.75 Å². The van der Waals surface area contributed by atoms with Crippen molar-refractivity contribution >= 4 is 11.4 Å². The number of ether oxygens (including phenoxy) is 1. The molecule has 0 aliphatic rings. The fourth-order valence-electron chi connectivity index (χ4n) is 1.69. The van der Waals surface area contributed by atoms with Crippen LogP contribution < -0.4 is 10.5 Å². The normalized spacial score (nSPS) is 9.35. The van der Waals surface area contributed by atoms with Crippen LogP contribution >= 0.6 is 0 Å². The van der Waals surface area contributed by atoms with E-state index in [1.54, 1.807) is 19.1 Å². The molecule has 0 aliphatic heterocycles. The minimum absolute atomic E-state index is 0.442. The van der Waals surface area contributed by atoms with E-state index in [1.165, 1.54) is 0 Å². The number of rotatable bonds is 4. The third kappa shape index (κ3) is 4.43. The molecule has 0 aliphatic carbocycles. The van der Waals surface area contributed by atoms with E-state index >= 15 is 0 Å². The third-order valence-electron chi connectivity index (χ3n) is 2.68. The minimum atomic E-state index is 0.442. The molecule has 0 fully saturated rings. The average Bonchev–Trinajstić information content (AvgIpc) is 2.49. The molecule has 0 saturated carbocycles. The Labute approximate surface area is 120 Å². The zero-order chi connectivity index (χ0) is 15.0. The molecular formula is C17H22N2O. The molecule has 2 aromatic carbocycles. The van der Waals surface area contributed by atoms with Gasteiger partial charge in [0.25, 0.3) is 0 Å². The smallest absolute Gasteiger partial charge is 0.120 e. The number of hydrogen-bond donors (Lipinski definition) is 2. The molecule has 3 N–H and O–H groups in total. The van der Waals surface area contributed by atoms with Crippen molar-refractivity contribution in [1.82, 2.24) is 0 Å². The van der Waals surface area contributed by atoms with Gasteiger partial charge in [-0.3, -0.25) is 0 Å². The Morgan fingerprint density at radius 3 is 2.35 bits per heavy atom. The highest BCUT2D eigenvalue weighted by molar-refractivity contribution is 6.01. The maximum absolute atomic E-state index is 7.63. The molecule has 2 aromatic rings. The summed E-state index contributed by atoms with van der Waals surface area (Å²) in [6.45, 7) is 6.23. The summed E-state index contributed by atoms with van der Waals surface area (Å²) >= 11 is 0. The molecule has 0 spiro atoms. The van der Waals surface area contributed by atoms with E-state index in [0.29, 0.717) is 18.0 Å². The first-order chi connectivity index (χ1) is 9.66. The van der Waals surface area contributed by atoms with Gasteiger partial charge in [0.15, 0.2) is 0 Å².